The average molecular weight is 275 g/mol. The maximum absolute atomic E-state index is 9.92. The van der Waals surface area contributed by atoms with Gasteiger partial charge >= 0.3 is 0 Å². The summed E-state index contributed by atoms with van der Waals surface area (Å²) in [7, 11) is 0. The lowest BCUT2D eigenvalue weighted by molar-refractivity contribution is -0.0567. The summed E-state index contributed by atoms with van der Waals surface area (Å²) < 4.78 is 0. The van der Waals surface area contributed by atoms with Gasteiger partial charge in [-0.2, -0.15) is 0 Å². The Morgan fingerprint density at radius 2 is 1.85 bits per heavy atom. The Bertz CT molecular complexity index is 447. The van der Waals surface area contributed by atoms with E-state index < -0.39 is 0 Å². The molecule has 1 aromatic rings. The Kier molecular flexibility index (Phi) is 4.27. The number of likely N-dealkylation sites (tertiary alicyclic amines) is 1. The first-order valence-corrected chi connectivity index (χ1v) is 7.72. The quantitative estimate of drug-likeness (QED) is 0.912. The van der Waals surface area contributed by atoms with Crippen molar-refractivity contribution in [3.8, 4) is 0 Å². The molecule has 112 valence electrons. The highest BCUT2D eigenvalue weighted by Crippen LogP contribution is 2.35. The van der Waals surface area contributed by atoms with Crippen molar-refractivity contribution >= 4 is 0 Å². The normalized spacial score (nSPS) is 23.8. The lowest BCUT2D eigenvalue weighted by Gasteiger charge is -2.52. The van der Waals surface area contributed by atoms with E-state index in [4.69, 9.17) is 0 Å². The molecule has 1 aliphatic rings. The van der Waals surface area contributed by atoms with Crippen LogP contribution in [0.5, 0.6) is 0 Å². The second-order valence-electron chi connectivity index (χ2n) is 7.59. The molecule has 1 saturated heterocycles. The van der Waals surface area contributed by atoms with Gasteiger partial charge in [-0.15, -0.1) is 0 Å². The van der Waals surface area contributed by atoms with E-state index in [2.05, 4.69) is 63.8 Å². The molecule has 0 amide bonds. The van der Waals surface area contributed by atoms with Crippen LogP contribution in [0.3, 0.4) is 0 Å². The molecular weight excluding hydrogens is 246 g/mol. The Morgan fingerprint density at radius 1 is 1.25 bits per heavy atom. The average Bonchev–Trinajstić information content (AvgIpc) is 2.30. The van der Waals surface area contributed by atoms with Crippen LogP contribution in [-0.4, -0.2) is 33.7 Å². The van der Waals surface area contributed by atoms with Gasteiger partial charge in [0, 0.05) is 17.6 Å². The molecule has 0 saturated carbocycles. The van der Waals surface area contributed by atoms with Crippen LogP contribution in [0.25, 0.3) is 0 Å². The Hall–Kier alpha value is -0.860. The molecule has 2 heteroatoms. The summed E-state index contributed by atoms with van der Waals surface area (Å²) in [6.07, 6.45) is 2.66. The molecule has 1 fully saturated rings. The molecule has 2 rings (SSSR count). The van der Waals surface area contributed by atoms with Gasteiger partial charge in [0.1, 0.15) is 0 Å². The van der Waals surface area contributed by atoms with Gasteiger partial charge in [-0.25, -0.2) is 0 Å². The number of nitrogens with zero attached hydrogens (tertiary/aromatic N) is 1. The van der Waals surface area contributed by atoms with Crippen molar-refractivity contribution < 1.29 is 5.11 Å². The molecule has 1 unspecified atom stereocenters. The molecule has 1 aliphatic heterocycles. The number of aryl methyl sites for hydroxylation is 1. The maximum atomic E-state index is 9.92. The molecule has 1 atom stereocenters. The van der Waals surface area contributed by atoms with Crippen molar-refractivity contribution in [2.24, 2.45) is 0 Å². The van der Waals surface area contributed by atoms with Gasteiger partial charge in [0.15, 0.2) is 0 Å². The zero-order chi connectivity index (χ0) is 15.0. The van der Waals surface area contributed by atoms with E-state index in [-0.39, 0.29) is 17.2 Å². The second-order valence-corrected chi connectivity index (χ2v) is 7.59. The zero-order valence-electron chi connectivity index (χ0n) is 13.6. The summed E-state index contributed by atoms with van der Waals surface area (Å²) in [5.74, 6) is 0. The van der Waals surface area contributed by atoms with Gasteiger partial charge in [-0.3, -0.25) is 4.90 Å². The van der Waals surface area contributed by atoms with Crippen molar-refractivity contribution in [1.82, 2.24) is 4.90 Å². The molecule has 0 aliphatic carbocycles. The van der Waals surface area contributed by atoms with E-state index >= 15 is 0 Å². The van der Waals surface area contributed by atoms with Gasteiger partial charge in [0.25, 0.3) is 0 Å². The summed E-state index contributed by atoms with van der Waals surface area (Å²) in [6.45, 7) is 12.3. The predicted octanol–water partition coefficient (Wildman–Crippen LogP) is 3.55. The van der Waals surface area contributed by atoms with E-state index in [1.165, 1.54) is 11.1 Å². The smallest absolute Gasteiger partial charge is 0.0569 e. The summed E-state index contributed by atoms with van der Waals surface area (Å²) in [5.41, 5.74) is 2.88. The van der Waals surface area contributed by atoms with Crippen molar-refractivity contribution in [1.29, 1.82) is 0 Å². The fourth-order valence-corrected chi connectivity index (χ4v) is 3.79. The van der Waals surface area contributed by atoms with Gasteiger partial charge in [-0.1, -0.05) is 29.8 Å². The van der Waals surface area contributed by atoms with E-state index in [1.807, 2.05) is 0 Å². The summed E-state index contributed by atoms with van der Waals surface area (Å²) in [6, 6.07) is 8.86. The SMILES string of the molecule is Cc1ccc(CC(C)(C)N2CCC(O)CC2(C)C)cc1. The lowest BCUT2D eigenvalue weighted by Crippen LogP contribution is -2.60. The van der Waals surface area contributed by atoms with E-state index in [1.54, 1.807) is 0 Å². The zero-order valence-corrected chi connectivity index (χ0v) is 13.6. The van der Waals surface area contributed by atoms with Crippen LogP contribution in [0.2, 0.25) is 0 Å². The summed E-state index contributed by atoms with van der Waals surface area (Å²) in [5, 5.41) is 9.92. The molecule has 0 aromatic heterocycles. The standard InChI is InChI=1S/C18H29NO/c1-14-6-8-15(9-7-14)12-17(2,3)19-11-10-16(20)13-18(19,4)5/h6-9,16,20H,10-13H2,1-5H3. The van der Waals surface area contributed by atoms with E-state index in [0.29, 0.717) is 0 Å². The molecular formula is C18H29NO. The number of benzene rings is 1. The number of aliphatic hydroxyl groups excluding tert-OH is 1. The Balaban J connectivity index is 2.14. The fourth-order valence-electron chi connectivity index (χ4n) is 3.79. The summed E-state index contributed by atoms with van der Waals surface area (Å²) in [4.78, 5) is 2.58. The number of hydrogen-bond acceptors (Lipinski definition) is 2. The topological polar surface area (TPSA) is 23.5 Å². The van der Waals surface area contributed by atoms with Crippen LogP contribution in [0.15, 0.2) is 24.3 Å². The number of hydrogen-bond donors (Lipinski definition) is 1. The number of piperidine rings is 1. The molecule has 0 bridgehead atoms. The predicted molar refractivity (Wildman–Crippen MR) is 85.0 cm³/mol. The molecule has 1 N–H and O–H groups in total. The van der Waals surface area contributed by atoms with Crippen LogP contribution in [-0.2, 0) is 6.42 Å². The Morgan fingerprint density at radius 3 is 2.40 bits per heavy atom. The monoisotopic (exact) mass is 275 g/mol. The molecule has 1 heterocycles. The van der Waals surface area contributed by atoms with Crippen molar-refractivity contribution in [2.45, 2.75) is 71.1 Å². The highest BCUT2D eigenvalue weighted by molar-refractivity contribution is 5.23. The molecule has 0 radical (unpaired) electrons. The first kappa shape index (κ1) is 15.5. The first-order chi connectivity index (χ1) is 9.21. The Labute approximate surface area is 123 Å². The minimum atomic E-state index is -0.142. The van der Waals surface area contributed by atoms with Gasteiger partial charge in [0.05, 0.1) is 6.10 Å². The highest BCUT2D eigenvalue weighted by Gasteiger charge is 2.41. The van der Waals surface area contributed by atoms with Crippen LogP contribution >= 0.6 is 0 Å². The number of aliphatic hydroxyl groups is 1. The first-order valence-electron chi connectivity index (χ1n) is 7.72. The second kappa shape index (κ2) is 5.50. The van der Waals surface area contributed by atoms with Crippen LogP contribution in [0.4, 0.5) is 0 Å². The number of rotatable bonds is 3. The third-order valence-corrected chi connectivity index (χ3v) is 4.64. The third kappa shape index (κ3) is 3.42. The molecule has 20 heavy (non-hydrogen) atoms. The molecule has 2 nitrogen and oxygen atoms in total. The van der Waals surface area contributed by atoms with E-state index in [9.17, 15) is 5.11 Å². The van der Waals surface area contributed by atoms with Gasteiger partial charge in [0.2, 0.25) is 0 Å². The van der Waals surface area contributed by atoms with Gasteiger partial charge < -0.3 is 5.11 Å². The van der Waals surface area contributed by atoms with Crippen molar-refractivity contribution in [3.05, 3.63) is 35.4 Å². The minimum Gasteiger partial charge on any atom is -0.393 e. The molecule has 1 aromatic carbocycles. The fraction of sp³-hybridized carbons (Fsp3) is 0.667. The largest absolute Gasteiger partial charge is 0.393 e. The van der Waals surface area contributed by atoms with Crippen molar-refractivity contribution in [3.63, 3.8) is 0 Å². The van der Waals surface area contributed by atoms with Gasteiger partial charge in [-0.05, 0) is 59.4 Å². The van der Waals surface area contributed by atoms with Crippen LogP contribution in [0, 0.1) is 6.92 Å². The lowest BCUT2D eigenvalue weighted by atomic mass is 9.81. The van der Waals surface area contributed by atoms with E-state index in [0.717, 1.165) is 25.8 Å². The van der Waals surface area contributed by atoms with Crippen LogP contribution in [0.1, 0.15) is 51.7 Å². The third-order valence-electron chi connectivity index (χ3n) is 4.64. The highest BCUT2D eigenvalue weighted by atomic mass is 16.3. The van der Waals surface area contributed by atoms with Crippen molar-refractivity contribution in [2.75, 3.05) is 6.54 Å². The molecule has 0 spiro atoms. The maximum Gasteiger partial charge on any atom is 0.0569 e. The van der Waals surface area contributed by atoms with Crippen LogP contribution < -0.4 is 0 Å². The summed E-state index contributed by atoms with van der Waals surface area (Å²) >= 11 is 0. The minimum absolute atomic E-state index is 0.0614.